The van der Waals surface area contributed by atoms with Gasteiger partial charge in [0.15, 0.2) is 0 Å². The summed E-state index contributed by atoms with van der Waals surface area (Å²) in [6.45, 7) is 3.70. The third kappa shape index (κ3) is 2.61. The average Bonchev–Trinajstić information content (AvgIpc) is 3.20. The average molecular weight is 464 g/mol. The SMILES string of the molecule is CCC(OC(=O)C(C)(C)C12NI1N2)C(O)(C(F)(F)F)C(F)(F)F. The van der Waals surface area contributed by atoms with Crippen LogP contribution in [-0.4, -0.2) is 38.8 Å². The summed E-state index contributed by atoms with van der Waals surface area (Å²) >= 11 is -1.68. The second kappa shape index (κ2) is 5.08. The summed E-state index contributed by atoms with van der Waals surface area (Å²) in [5.74, 6) is -1.23. The predicted octanol–water partition coefficient (Wildman–Crippen LogP) is 2.39. The van der Waals surface area contributed by atoms with Crippen LogP contribution in [0.4, 0.5) is 26.3 Å². The van der Waals surface area contributed by atoms with Gasteiger partial charge in [0, 0.05) is 0 Å². The number of ether oxygens (including phenoxy) is 1. The molecular formula is C11H15F6IN2O3. The fourth-order valence-corrected chi connectivity index (χ4v) is 7.67. The zero-order chi connectivity index (χ0) is 18.1. The number of fused-ring (bicyclic) bond motifs is 1. The van der Waals surface area contributed by atoms with E-state index in [1.807, 2.05) is 0 Å². The number of rotatable bonds is 5. The Kier molecular flexibility index (Phi) is 4.19. The van der Waals surface area contributed by atoms with Crippen molar-refractivity contribution in [2.24, 2.45) is 5.41 Å². The Morgan fingerprint density at radius 3 is 1.83 bits per heavy atom. The van der Waals surface area contributed by atoms with Gasteiger partial charge in [0.25, 0.3) is 0 Å². The summed E-state index contributed by atoms with van der Waals surface area (Å²) in [5.41, 5.74) is -6.45. The summed E-state index contributed by atoms with van der Waals surface area (Å²) in [4.78, 5) is 12.1. The molecule has 0 saturated carbocycles. The van der Waals surface area contributed by atoms with E-state index < -0.39 is 65.9 Å². The molecule has 2 aliphatic heterocycles. The summed E-state index contributed by atoms with van der Waals surface area (Å²) in [6, 6.07) is 0. The normalized spacial score (nSPS) is 23.1. The van der Waals surface area contributed by atoms with Crippen molar-refractivity contribution in [3.8, 4) is 0 Å². The van der Waals surface area contributed by atoms with Gasteiger partial charge in [0.1, 0.15) is 0 Å². The second-order valence-corrected chi connectivity index (χ2v) is 10.1. The van der Waals surface area contributed by atoms with Gasteiger partial charge in [0.05, 0.1) is 0 Å². The molecule has 23 heavy (non-hydrogen) atoms. The van der Waals surface area contributed by atoms with Crippen LogP contribution in [0.5, 0.6) is 0 Å². The number of hydrogen-bond acceptors (Lipinski definition) is 5. The van der Waals surface area contributed by atoms with E-state index >= 15 is 0 Å². The molecule has 2 saturated heterocycles. The molecule has 1 atom stereocenters. The number of carbonyl (C=O) groups excluding carboxylic acids is 1. The van der Waals surface area contributed by atoms with Gasteiger partial charge in [-0.25, -0.2) is 0 Å². The van der Waals surface area contributed by atoms with Crippen LogP contribution in [0.3, 0.4) is 0 Å². The van der Waals surface area contributed by atoms with E-state index in [1.165, 1.54) is 13.8 Å². The molecular weight excluding hydrogens is 449 g/mol. The Balaban J connectivity index is 2.25. The number of esters is 1. The third-order valence-corrected chi connectivity index (χ3v) is 9.11. The Bertz CT molecular complexity index is 501. The van der Waals surface area contributed by atoms with Crippen LogP contribution >= 0.6 is 20.4 Å². The monoisotopic (exact) mass is 464 g/mol. The van der Waals surface area contributed by atoms with E-state index in [4.69, 9.17) is 0 Å². The quantitative estimate of drug-likeness (QED) is 0.111. The van der Waals surface area contributed by atoms with Crippen molar-refractivity contribution in [1.29, 1.82) is 0 Å². The van der Waals surface area contributed by atoms with Crippen molar-refractivity contribution in [3.05, 3.63) is 0 Å². The van der Waals surface area contributed by atoms with Gasteiger partial charge in [-0.2, -0.15) is 0 Å². The van der Waals surface area contributed by atoms with Gasteiger partial charge in [-0.15, -0.1) is 0 Å². The standard InChI is InChI=1S/C11H15F6IN2O3/c1-4-5(8(22,9(12,13)14)10(15,16)17)23-6(21)7(2,3)11-18(19-11)20-11/h5,19-20,22H,4H2,1-3H3. The number of carbonyl (C=O) groups is 1. The number of aliphatic hydroxyl groups is 1. The first-order valence-corrected chi connectivity index (χ1v) is 9.71. The van der Waals surface area contributed by atoms with Crippen LogP contribution in [0.25, 0.3) is 0 Å². The molecule has 2 aliphatic rings. The predicted molar refractivity (Wildman–Crippen MR) is 74.0 cm³/mol. The molecule has 0 amide bonds. The Morgan fingerprint density at radius 2 is 1.57 bits per heavy atom. The van der Waals surface area contributed by atoms with E-state index in [-0.39, 0.29) is 0 Å². The second-order valence-electron chi connectivity index (χ2n) is 5.82. The third-order valence-electron chi connectivity index (χ3n) is 3.98. The van der Waals surface area contributed by atoms with Crippen molar-refractivity contribution in [1.82, 2.24) is 7.06 Å². The van der Waals surface area contributed by atoms with Crippen LogP contribution in [0.15, 0.2) is 0 Å². The maximum atomic E-state index is 12.9. The molecule has 0 aromatic carbocycles. The van der Waals surface area contributed by atoms with Crippen LogP contribution in [0.1, 0.15) is 27.2 Å². The Labute approximate surface area is 135 Å². The molecule has 0 spiro atoms. The molecule has 0 aromatic rings. The van der Waals surface area contributed by atoms with E-state index in [0.29, 0.717) is 0 Å². The summed E-state index contributed by atoms with van der Waals surface area (Å²) in [7, 11) is 0. The van der Waals surface area contributed by atoms with E-state index in [9.17, 15) is 36.2 Å². The van der Waals surface area contributed by atoms with Gasteiger partial charge in [-0.3, -0.25) is 0 Å². The van der Waals surface area contributed by atoms with Crippen LogP contribution < -0.4 is 7.06 Å². The van der Waals surface area contributed by atoms with Crippen LogP contribution in [0.2, 0.25) is 0 Å². The summed E-state index contributed by atoms with van der Waals surface area (Å²) < 4.78 is 86.9. The van der Waals surface area contributed by atoms with Crippen molar-refractivity contribution >= 4 is 26.3 Å². The zero-order valence-electron chi connectivity index (χ0n) is 12.2. The fourth-order valence-electron chi connectivity index (χ4n) is 2.10. The number of alkyl halides is 7. The molecule has 5 nitrogen and oxygen atoms in total. The molecule has 0 bridgehead atoms. The molecule has 0 radical (unpaired) electrons. The topological polar surface area (TPSA) is 90.4 Å². The van der Waals surface area contributed by atoms with Crippen LogP contribution in [0, 0.1) is 5.41 Å². The molecule has 1 unspecified atom stereocenters. The Hall–Kier alpha value is -0.340. The molecule has 0 aromatic heterocycles. The van der Waals surface area contributed by atoms with Gasteiger partial charge in [-0.1, -0.05) is 0 Å². The fraction of sp³-hybridized carbons (Fsp3) is 0.909. The van der Waals surface area contributed by atoms with Gasteiger partial charge < -0.3 is 0 Å². The van der Waals surface area contributed by atoms with Gasteiger partial charge >= 0.3 is 135 Å². The van der Waals surface area contributed by atoms with Gasteiger partial charge in [0.2, 0.25) is 0 Å². The molecule has 2 fully saturated rings. The summed E-state index contributed by atoms with van der Waals surface area (Å²) in [5, 5.41) is 9.34. The van der Waals surface area contributed by atoms with Gasteiger partial charge in [-0.05, 0) is 0 Å². The molecule has 2 heterocycles. The number of halogens is 7. The molecule has 136 valence electrons. The molecule has 12 heteroatoms. The number of nitrogens with one attached hydrogen (secondary N) is 2. The van der Waals surface area contributed by atoms with Crippen molar-refractivity contribution in [2.45, 2.75) is 54.9 Å². The van der Waals surface area contributed by atoms with Crippen molar-refractivity contribution in [3.63, 3.8) is 0 Å². The summed E-state index contributed by atoms with van der Waals surface area (Å²) in [6.07, 6.45) is -15.7. The van der Waals surface area contributed by atoms with Crippen molar-refractivity contribution < 1.29 is 41.0 Å². The van der Waals surface area contributed by atoms with Crippen molar-refractivity contribution in [2.75, 3.05) is 0 Å². The minimum absolute atomic E-state index is 0.707. The molecule has 3 N–H and O–H groups in total. The van der Waals surface area contributed by atoms with E-state index in [1.54, 1.807) is 0 Å². The minimum atomic E-state index is -6.04. The van der Waals surface area contributed by atoms with E-state index in [2.05, 4.69) is 11.8 Å². The Morgan fingerprint density at radius 1 is 1.17 bits per heavy atom. The maximum absolute atomic E-state index is 12.9. The molecule has 2 rings (SSSR count). The number of hydrogen-bond donors (Lipinski definition) is 3. The zero-order valence-corrected chi connectivity index (χ0v) is 14.4. The van der Waals surface area contributed by atoms with Crippen LogP contribution in [-0.2, 0) is 9.53 Å². The molecule has 0 aliphatic carbocycles. The first-order valence-electron chi connectivity index (χ1n) is 6.47. The first-order chi connectivity index (χ1) is 10.1. The van der Waals surface area contributed by atoms with E-state index in [0.717, 1.165) is 6.92 Å². The first kappa shape index (κ1) is 19.0.